The Hall–Kier alpha value is 0.550. The van der Waals surface area contributed by atoms with E-state index in [2.05, 4.69) is 0 Å². The lowest BCUT2D eigenvalue weighted by atomic mass is 10.8. The molecule has 10 heteroatoms. The molecule has 0 aromatic rings. The molecule has 0 fully saturated rings. The van der Waals surface area contributed by atoms with Gasteiger partial charge in [0, 0.05) is 0 Å². The fourth-order valence-electron chi connectivity index (χ4n) is 0.325. The molecule has 0 saturated heterocycles. The van der Waals surface area contributed by atoms with Gasteiger partial charge in [-0.05, 0) is 0 Å². The summed E-state index contributed by atoms with van der Waals surface area (Å²) in [5.41, 5.74) is 4.79. The maximum atomic E-state index is 10.5. The number of hydrogen-bond donors (Lipinski definition) is 5. The van der Waals surface area contributed by atoms with E-state index < -0.39 is 26.1 Å². The Morgan fingerprint density at radius 2 is 1.42 bits per heavy atom. The normalized spacial score (nSPS) is 14.8. The van der Waals surface area contributed by atoms with Gasteiger partial charge in [0.25, 0.3) is 0 Å². The van der Waals surface area contributed by atoms with Crippen molar-refractivity contribution < 1.29 is 28.7 Å². The van der Waals surface area contributed by atoms with Gasteiger partial charge < -0.3 is 25.3 Å². The molecule has 0 bridgehead atoms. The van der Waals surface area contributed by atoms with E-state index >= 15 is 0 Å². The highest BCUT2D eigenvalue weighted by molar-refractivity contribution is 7.72. The third-order valence-corrected chi connectivity index (χ3v) is 5.90. The first kappa shape index (κ1) is 12.6. The molecule has 0 aromatic heterocycles. The molecular weight excluding hydrogens is 231 g/mol. The van der Waals surface area contributed by atoms with Crippen LogP contribution in [0.1, 0.15) is 0 Å². The van der Waals surface area contributed by atoms with Crippen LogP contribution in [0.25, 0.3) is 0 Å². The van der Waals surface area contributed by atoms with E-state index in [4.69, 9.17) is 36.9 Å². The van der Waals surface area contributed by atoms with Gasteiger partial charge in [0.2, 0.25) is 5.02 Å². The predicted octanol–water partition coefficient (Wildman–Crippen LogP) is -0.807. The standard InChI is InChI=1S/C2H8ClNO6P2/c3-1-2(4,11(5,6)7)12(8,9)10/h1,4H2,(H2,5,6,7)(H2,8,9,10). The summed E-state index contributed by atoms with van der Waals surface area (Å²) in [7, 11) is -10.3. The Balaban J connectivity index is 5.25. The first-order valence-electron chi connectivity index (χ1n) is 2.52. The largest absolute Gasteiger partial charge is 0.358 e. The molecule has 0 atom stereocenters. The molecule has 0 saturated carbocycles. The van der Waals surface area contributed by atoms with Crippen molar-refractivity contribution in [3.8, 4) is 0 Å². The van der Waals surface area contributed by atoms with Crippen molar-refractivity contribution in [3.63, 3.8) is 0 Å². The molecule has 0 aromatic carbocycles. The van der Waals surface area contributed by atoms with Gasteiger partial charge in [-0.3, -0.25) is 9.13 Å². The minimum absolute atomic E-state index is 1.03. The van der Waals surface area contributed by atoms with E-state index in [1.165, 1.54) is 0 Å². The smallest absolute Gasteiger partial charge is 0.323 e. The van der Waals surface area contributed by atoms with E-state index in [9.17, 15) is 9.13 Å². The third-order valence-electron chi connectivity index (χ3n) is 1.21. The molecule has 0 aliphatic rings. The van der Waals surface area contributed by atoms with E-state index in [1.807, 2.05) is 0 Å². The van der Waals surface area contributed by atoms with Gasteiger partial charge in [-0.1, -0.05) is 0 Å². The summed E-state index contributed by atoms with van der Waals surface area (Å²) < 4.78 is 21.0. The van der Waals surface area contributed by atoms with Gasteiger partial charge >= 0.3 is 15.2 Å². The third kappa shape index (κ3) is 2.07. The average molecular weight is 239 g/mol. The summed E-state index contributed by atoms with van der Waals surface area (Å²) in [5, 5.41) is -2.98. The molecule has 0 rings (SSSR count). The van der Waals surface area contributed by atoms with Gasteiger partial charge in [-0.2, -0.15) is 0 Å². The van der Waals surface area contributed by atoms with Gasteiger partial charge in [0.15, 0.2) is 0 Å². The lowest BCUT2D eigenvalue weighted by Crippen LogP contribution is -2.41. The topological polar surface area (TPSA) is 141 Å². The lowest BCUT2D eigenvalue weighted by molar-refractivity contribution is 0.316. The highest BCUT2D eigenvalue weighted by atomic mass is 35.5. The van der Waals surface area contributed by atoms with Crippen LogP contribution in [-0.4, -0.2) is 30.5 Å². The zero-order valence-electron chi connectivity index (χ0n) is 5.66. The number of hydrogen-bond acceptors (Lipinski definition) is 3. The zero-order valence-corrected chi connectivity index (χ0v) is 8.21. The van der Waals surface area contributed by atoms with Crippen LogP contribution in [-0.2, 0) is 9.13 Å². The second-order valence-electron chi connectivity index (χ2n) is 2.10. The molecule has 74 valence electrons. The SMILES string of the molecule is NC(CCl)(P(=O)(O)O)P(=O)(O)O. The minimum Gasteiger partial charge on any atom is -0.323 e. The Bertz CT molecular complexity index is 232. The van der Waals surface area contributed by atoms with Gasteiger partial charge in [-0.15, -0.1) is 11.6 Å². The first-order chi connectivity index (χ1) is 5.06. The molecule has 0 aliphatic heterocycles. The Kier molecular flexibility index (Phi) is 3.52. The maximum absolute atomic E-state index is 10.5. The summed E-state index contributed by atoms with van der Waals surface area (Å²) in [5.74, 6) is -1.03. The average Bonchev–Trinajstić information content (AvgIpc) is 1.81. The van der Waals surface area contributed by atoms with Crippen LogP contribution in [0.3, 0.4) is 0 Å². The van der Waals surface area contributed by atoms with Gasteiger partial charge in [-0.25, -0.2) is 0 Å². The van der Waals surface area contributed by atoms with Crippen molar-refractivity contribution in [3.05, 3.63) is 0 Å². The summed E-state index contributed by atoms with van der Waals surface area (Å²) in [6.45, 7) is 0. The molecule has 0 radical (unpaired) electrons. The van der Waals surface area contributed by atoms with Crippen LogP contribution in [0.15, 0.2) is 0 Å². The van der Waals surface area contributed by atoms with Crippen molar-refractivity contribution in [1.29, 1.82) is 0 Å². The van der Waals surface area contributed by atoms with E-state index in [-0.39, 0.29) is 0 Å². The monoisotopic (exact) mass is 239 g/mol. The van der Waals surface area contributed by atoms with E-state index in [0.717, 1.165) is 0 Å². The quantitative estimate of drug-likeness (QED) is 0.320. The Morgan fingerprint density at radius 1 is 1.17 bits per heavy atom. The van der Waals surface area contributed by atoms with Crippen LogP contribution in [0, 0.1) is 0 Å². The number of nitrogens with two attached hydrogens (primary N) is 1. The summed E-state index contributed by atoms with van der Waals surface area (Å²) in [4.78, 5) is 33.9. The van der Waals surface area contributed by atoms with Crippen molar-refractivity contribution in [2.45, 2.75) is 5.02 Å². The highest BCUT2D eigenvalue weighted by Gasteiger charge is 2.56. The molecule has 0 heterocycles. The van der Waals surface area contributed by atoms with E-state index in [0.29, 0.717) is 0 Å². The van der Waals surface area contributed by atoms with Crippen LogP contribution >= 0.6 is 26.8 Å². The molecule has 0 amide bonds. The molecule has 0 aliphatic carbocycles. The number of rotatable bonds is 3. The van der Waals surface area contributed by atoms with Crippen molar-refractivity contribution in [2.24, 2.45) is 5.73 Å². The summed E-state index contributed by atoms with van der Waals surface area (Å²) >= 11 is 4.97. The molecule has 6 N–H and O–H groups in total. The molecule has 0 unspecified atom stereocenters. The van der Waals surface area contributed by atoms with E-state index in [1.54, 1.807) is 0 Å². The minimum atomic E-state index is -5.13. The highest BCUT2D eigenvalue weighted by Crippen LogP contribution is 2.66. The second-order valence-corrected chi connectivity index (χ2v) is 6.49. The van der Waals surface area contributed by atoms with Crippen LogP contribution in [0.5, 0.6) is 0 Å². The molecule has 0 spiro atoms. The molecular formula is C2H8ClNO6P2. The molecule has 12 heavy (non-hydrogen) atoms. The number of alkyl halides is 1. The Morgan fingerprint density at radius 3 is 1.42 bits per heavy atom. The van der Waals surface area contributed by atoms with Crippen LogP contribution < -0.4 is 5.73 Å². The predicted molar refractivity (Wildman–Crippen MR) is 41.7 cm³/mol. The maximum Gasteiger partial charge on any atom is 0.358 e. The Labute approximate surface area is 72.9 Å². The second kappa shape index (κ2) is 3.36. The zero-order chi connectivity index (χ0) is 10.2. The molecule has 7 nitrogen and oxygen atoms in total. The van der Waals surface area contributed by atoms with Crippen molar-refractivity contribution in [2.75, 3.05) is 5.88 Å². The fraction of sp³-hybridized carbons (Fsp3) is 1.00. The fourth-order valence-corrected chi connectivity index (χ4v) is 2.93. The van der Waals surface area contributed by atoms with Gasteiger partial charge in [0.05, 0.1) is 5.88 Å². The van der Waals surface area contributed by atoms with Gasteiger partial charge in [0.1, 0.15) is 0 Å². The summed E-state index contributed by atoms with van der Waals surface area (Å²) in [6.07, 6.45) is 0. The van der Waals surface area contributed by atoms with Crippen molar-refractivity contribution >= 4 is 26.8 Å². The van der Waals surface area contributed by atoms with Crippen LogP contribution in [0.4, 0.5) is 0 Å². The van der Waals surface area contributed by atoms with Crippen molar-refractivity contribution in [1.82, 2.24) is 0 Å². The number of halogens is 1. The lowest BCUT2D eigenvalue weighted by Gasteiger charge is -2.27. The first-order valence-corrected chi connectivity index (χ1v) is 6.28. The summed E-state index contributed by atoms with van der Waals surface area (Å²) in [6, 6.07) is 0. The van der Waals surface area contributed by atoms with Crippen LogP contribution in [0.2, 0.25) is 0 Å².